The van der Waals surface area contributed by atoms with E-state index in [0.717, 1.165) is 26.6 Å². The standard InChI is InChI=1S/C20H21BrN2O2S2/c1-13-3-8-18(14(2)9-13)23-19-12-27(24,25)11-17(19)22-20(23)26-10-15-4-6-16(21)7-5-15/h3-9,17,19H,10-12H2,1-2H3/t17-,19-/m1/s1. The number of rotatable bonds is 3. The number of benzene rings is 2. The number of hydrogen-bond acceptors (Lipinski definition) is 5. The largest absolute Gasteiger partial charge is 0.315 e. The van der Waals surface area contributed by atoms with Crippen molar-refractivity contribution in [2.45, 2.75) is 31.7 Å². The molecule has 2 aliphatic heterocycles. The quantitative estimate of drug-likeness (QED) is 0.677. The van der Waals surface area contributed by atoms with Crippen molar-refractivity contribution in [2.75, 3.05) is 16.4 Å². The molecule has 1 saturated heterocycles. The van der Waals surface area contributed by atoms with Crippen LogP contribution in [0.4, 0.5) is 5.69 Å². The van der Waals surface area contributed by atoms with Gasteiger partial charge in [0, 0.05) is 15.9 Å². The molecule has 1 fully saturated rings. The number of aliphatic imine (C=N–C) groups is 1. The number of thioether (sulfide) groups is 1. The maximum atomic E-state index is 12.2. The van der Waals surface area contributed by atoms with Crippen LogP contribution < -0.4 is 4.90 Å². The molecule has 2 aliphatic rings. The predicted octanol–water partition coefficient (Wildman–Crippen LogP) is 4.34. The van der Waals surface area contributed by atoms with Gasteiger partial charge in [0.25, 0.3) is 0 Å². The van der Waals surface area contributed by atoms with E-state index in [1.807, 2.05) is 12.1 Å². The first kappa shape index (κ1) is 19.0. The van der Waals surface area contributed by atoms with Gasteiger partial charge in [0.15, 0.2) is 15.0 Å². The first-order valence-corrected chi connectivity index (χ1v) is 12.4. The zero-order valence-corrected chi connectivity index (χ0v) is 18.4. The molecule has 0 bridgehead atoms. The molecule has 0 aromatic heterocycles. The Balaban J connectivity index is 1.64. The molecule has 142 valence electrons. The van der Waals surface area contributed by atoms with Crippen molar-refractivity contribution in [2.24, 2.45) is 4.99 Å². The minimum absolute atomic E-state index is 0.0937. The van der Waals surface area contributed by atoms with Crippen molar-refractivity contribution < 1.29 is 8.42 Å². The first-order valence-electron chi connectivity index (χ1n) is 8.84. The molecule has 4 nitrogen and oxygen atoms in total. The molecule has 0 spiro atoms. The topological polar surface area (TPSA) is 49.7 Å². The molecule has 27 heavy (non-hydrogen) atoms. The number of fused-ring (bicyclic) bond motifs is 1. The highest BCUT2D eigenvalue weighted by Crippen LogP contribution is 2.37. The summed E-state index contributed by atoms with van der Waals surface area (Å²) < 4.78 is 25.4. The van der Waals surface area contributed by atoms with Gasteiger partial charge < -0.3 is 4.90 Å². The van der Waals surface area contributed by atoms with Crippen molar-refractivity contribution in [1.82, 2.24) is 0 Å². The van der Waals surface area contributed by atoms with Gasteiger partial charge in [0.2, 0.25) is 0 Å². The smallest absolute Gasteiger partial charge is 0.164 e. The lowest BCUT2D eigenvalue weighted by Crippen LogP contribution is -2.39. The van der Waals surface area contributed by atoms with Crippen LogP contribution in [-0.4, -0.2) is 37.2 Å². The Morgan fingerprint density at radius 3 is 2.59 bits per heavy atom. The first-order chi connectivity index (χ1) is 12.8. The lowest BCUT2D eigenvalue weighted by molar-refractivity contribution is 0.601. The zero-order chi connectivity index (χ0) is 19.2. The summed E-state index contributed by atoms with van der Waals surface area (Å²) in [4.78, 5) is 6.98. The summed E-state index contributed by atoms with van der Waals surface area (Å²) in [6.45, 7) is 4.15. The average molecular weight is 465 g/mol. The Hall–Kier alpha value is -1.31. The number of hydrogen-bond donors (Lipinski definition) is 0. The van der Waals surface area contributed by atoms with Gasteiger partial charge in [0.05, 0.1) is 23.6 Å². The fourth-order valence-corrected chi connectivity index (χ4v) is 6.90. The Kier molecular flexibility index (Phi) is 5.12. The normalized spacial score (nSPS) is 23.4. The van der Waals surface area contributed by atoms with Crippen molar-refractivity contribution in [3.63, 3.8) is 0 Å². The second-order valence-electron chi connectivity index (χ2n) is 7.20. The van der Waals surface area contributed by atoms with E-state index in [1.54, 1.807) is 11.8 Å². The Bertz CT molecular complexity index is 1000. The summed E-state index contributed by atoms with van der Waals surface area (Å²) in [6, 6.07) is 14.3. The molecule has 2 aromatic carbocycles. The van der Waals surface area contributed by atoms with Crippen LogP contribution in [0.3, 0.4) is 0 Å². The van der Waals surface area contributed by atoms with E-state index in [9.17, 15) is 8.42 Å². The maximum Gasteiger partial charge on any atom is 0.164 e. The number of amidine groups is 1. The minimum Gasteiger partial charge on any atom is -0.315 e. The molecule has 0 aliphatic carbocycles. The van der Waals surface area contributed by atoms with E-state index in [0.29, 0.717) is 0 Å². The maximum absolute atomic E-state index is 12.2. The summed E-state index contributed by atoms with van der Waals surface area (Å²) in [6.07, 6.45) is 0. The third kappa shape index (κ3) is 3.96. The fraction of sp³-hybridized carbons (Fsp3) is 0.350. The lowest BCUT2D eigenvalue weighted by atomic mass is 10.1. The van der Waals surface area contributed by atoms with Crippen LogP contribution in [-0.2, 0) is 15.6 Å². The van der Waals surface area contributed by atoms with Gasteiger partial charge in [-0.05, 0) is 43.2 Å². The van der Waals surface area contributed by atoms with Crippen LogP contribution >= 0.6 is 27.7 Å². The summed E-state index contributed by atoms with van der Waals surface area (Å²) in [5.41, 5.74) is 4.63. The SMILES string of the molecule is Cc1ccc(N2C(SCc3ccc(Br)cc3)=N[C@@H]3CS(=O)(=O)C[C@H]32)c(C)c1. The van der Waals surface area contributed by atoms with Gasteiger partial charge in [-0.2, -0.15) is 0 Å². The number of anilines is 1. The zero-order valence-electron chi connectivity index (χ0n) is 15.2. The third-order valence-corrected chi connectivity index (χ3v) is 8.27. The van der Waals surface area contributed by atoms with E-state index in [-0.39, 0.29) is 23.6 Å². The number of halogens is 1. The van der Waals surface area contributed by atoms with Crippen molar-refractivity contribution in [3.05, 3.63) is 63.6 Å². The fourth-order valence-electron chi connectivity index (χ4n) is 3.72. The molecule has 0 unspecified atom stereocenters. The molecule has 2 heterocycles. The van der Waals surface area contributed by atoms with E-state index in [4.69, 9.17) is 4.99 Å². The lowest BCUT2D eigenvalue weighted by Gasteiger charge is -2.28. The minimum atomic E-state index is -3.03. The summed E-state index contributed by atoms with van der Waals surface area (Å²) >= 11 is 5.15. The number of sulfone groups is 1. The second-order valence-corrected chi connectivity index (χ2v) is 11.2. The Labute approximate surface area is 173 Å². The van der Waals surface area contributed by atoms with Crippen LogP contribution in [0.25, 0.3) is 0 Å². The van der Waals surface area contributed by atoms with Gasteiger partial charge in [-0.15, -0.1) is 0 Å². The van der Waals surface area contributed by atoms with E-state index >= 15 is 0 Å². The van der Waals surface area contributed by atoms with Gasteiger partial charge in [-0.25, -0.2) is 8.42 Å². The molecular formula is C20H21BrN2O2S2. The van der Waals surface area contributed by atoms with Crippen molar-refractivity contribution in [1.29, 1.82) is 0 Å². The molecule has 2 atom stereocenters. The Morgan fingerprint density at radius 2 is 1.89 bits per heavy atom. The molecule has 7 heteroatoms. The van der Waals surface area contributed by atoms with Crippen LogP contribution in [0.1, 0.15) is 16.7 Å². The molecular weight excluding hydrogens is 444 g/mol. The average Bonchev–Trinajstić information content (AvgIpc) is 3.06. The van der Waals surface area contributed by atoms with Crippen LogP contribution in [0.5, 0.6) is 0 Å². The second kappa shape index (κ2) is 7.26. The molecule has 0 saturated carbocycles. The molecule has 4 rings (SSSR count). The molecule has 0 radical (unpaired) electrons. The predicted molar refractivity (Wildman–Crippen MR) is 117 cm³/mol. The van der Waals surface area contributed by atoms with Crippen LogP contribution in [0.2, 0.25) is 0 Å². The Morgan fingerprint density at radius 1 is 1.15 bits per heavy atom. The van der Waals surface area contributed by atoms with E-state index in [1.165, 1.54) is 11.1 Å². The van der Waals surface area contributed by atoms with Crippen LogP contribution in [0, 0.1) is 13.8 Å². The van der Waals surface area contributed by atoms with Gasteiger partial charge in [-0.3, -0.25) is 4.99 Å². The van der Waals surface area contributed by atoms with Gasteiger partial charge in [0.1, 0.15) is 0 Å². The third-order valence-electron chi connectivity index (χ3n) is 5.00. The van der Waals surface area contributed by atoms with Crippen molar-refractivity contribution in [3.8, 4) is 0 Å². The highest BCUT2D eigenvalue weighted by atomic mass is 79.9. The number of nitrogens with zero attached hydrogens (tertiary/aromatic N) is 2. The van der Waals surface area contributed by atoms with E-state index < -0.39 is 9.84 Å². The van der Waals surface area contributed by atoms with E-state index in [2.05, 4.69) is 65.0 Å². The molecule has 2 aromatic rings. The molecule has 0 amide bonds. The van der Waals surface area contributed by atoms with Crippen LogP contribution in [0.15, 0.2) is 51.9 Å². The highest BCUT2D eigenvalue weighted by Gasteiger charge is 2.47. The summed E-state index contributed by atoms with van der Waals surface area (Å²) in [7, 11) is -3.03. The molecule has 0 N–H and O–H groups in total. The summed E-state index contributed by atoms with van der Waals surface area (Å²) in [5.74, 6) is 1.14. The summed E-state index contributed by atoms with van der Waals surface area (Å²) in [5, 5.41) is 0.926. The monoisotopic (exact) mass is 464 g/mol. The van der Waals surface area contributed by atoms with Crippen molar-refractivity contribution >= 4 is 48.4 Å². The van der Waals surface area contributed by atoms with Gasteiger partial charge >= 0.3 is 0 Å². The highest BCUT2D eigenvalue weighted by molar-refractivity contribution is 9.10. The number of aryl methyl sites for hydroxylation is 2. The van der Waals surface area contributed by atoms with Gasteiger partial charge in [-0.1, -0.05) is 57.5 Å².